The summed E-state index contributed by atoms with van der Waals surface area (Å²) in [5, 5.41) is 0. The highest BCUT2D eigenvalue weighted by Crippen LogP contribution is 2.30. The van der Waals surface area contributed by atoms with Crippen LogP contribution in [0.1, 0.15) is 25.3 Å². The van der Waals surface area contributed by atoms with Crippen molar-refractivity contribution in [3.05, 3.63) is 29.8 Å². The first-order valence-electron chi connectivity index (χ1n) is 6.95. The standard InChI is InChI=1S/C15H24N2O/c1-13-7-8-14-5-2-3-6-15(14)17(13)10-4-11-18-12-9-16/h2-3,5-6,13H,4,7-12,16H2,1H3. The maximum absolute atomic E-state index is 5.45. The van der Waals surface area contributed by atoms with E-state index in [0.29, 0.717) is 19.2 Å². The number of hydrogen-bond donors (Lipinski definition) is 1. The molecule has 0 spiro atoms. The Kier molecular flexibility index (Phi) is 5.02. The number of anilines is 1. The fourth-order valence-electron chi connectivity index (χ4n) is 2.62. The minimum Gasteiger partial charge on any atom is -0.380 e. The molecule has 1 aromatic rings. The second-order valence-corrected chi connectivity index (χ2v) is 4.96. The summed E-state index contributed by atoms with van der Waals surface area (Å²) in [7, 11) is 0. The SMILES string of the molecule is CC1CCc2ccccc2N1CCCOCCN. The molecule has 1 aliphatic rings. The monoisotopic (exact) mass is 248 g/mol. The number of benzene rings is 1. The molecule has 100 valence electrons. The van der Waals surface area contributed by atoms with Gasteiger partial charge in [-0.25, -0.2) is 0 Å². The summed E-state index contributed by atoms with van der Waals surface area (Å²) in [6.45, 7) is 5.48. The van der Waals surface area contributed by atoms with Crippen molar-refractivity contribution >= 4 is 5.69 Å². The highest BCUT2D eigenvalue weighted by Gasteiger charge is 2.21. The van der Waals surface area contributed by atoms with E-state index in [9.17, 15) is 0 Å². The van der Waals surface area contributed by atoms with Crippen LogP contribution in [0.25, 0.3) is 0 Å². The Bertz CT molecular complexity index is 367. The van der Waals surface area contributed by atoms with Gasteiger partial charge in [-0.3, -0.25) is 0 Å². The Labute approximate surface area is 110 Å². The first-order valence-corrected chi connectivity index (χ1v) is 6.95. The van der Waals surface area contributed by atoms with Crippen molar-refractivity contribution in [3.63, 3.8) is 0 Å². The molecule has 1 aromatic carbocycles. The lowest BCUT2D eigenvalue weighted by atomic mass is 9.96. The summed E-state index contributed by atoms with van der Waals surface area (Å²) in [5.74, 6) is 0. The van der Waals surface area contributed by atoms with Gasteiger partial charge in [0.25, 0.3) is 0 Å². The predicted octanol–water partition coefficient (Wildman–Crippen LogP) is 2.19. The van der Waals surface area contributed by atoms with Crippen LogP contribution < -0.4 is 10.6 Å². The number of fused-ring (bicyclic) bond motifs is 1. The maximum Gasteiger partial charge on any atom is 0.0588 e. The Morgan fingerprint density at radius 3 is 3.00 bits per heavy atom. The molecule has 1 unspecified atom stereocenters. The van der Waals surface area contributed by atoms with Crippen molar-refractivity contribution in [2.24, 2.45) is 5.73 Å². The van der Waals surface area contributed by atoms with Gasteiger partial charge in [0.2, 0.25) is 0 Å². The van der Waals surface area contributed by atoms with Gasteiger partial charge in [-0.1, -0.05) is 18.2 Å². The van der Waals surface area contributed by atoms with E-state index in [2.05, 4.69) is 36.1 Å². The molecule has 0 aromatic heterocycles. The summed E-state index contributed by atoms with van der Waals surface area (Å²) < 4.78 is 5.45. The molecule has 1 aliphatic heterocycles. The zero-order chi connectivity index (χ0) is 12.8. The summed E-state index contributed by atoms with van der Waals surface area (Å²) >= 11 is 0. The zero-order valence-electron chi connectivity index (χ0n) is 11.3. The van der Waals surface area contributed by atoms with Gasteiger partial charge >= 0.3 is 0 Å². The molecule has 1 heterocycles. The van der Waals surface area contributed by atoms with Gasteiger partial charge in [0.05, 0.1) is 6.61 Å². The van der Waals surface area contributed by atoms with Crippen LogP contribution in [0.3, 0.4) is 0 Å². The number of aryl methyl sites for hydroxylation is 1. The van der Waals surface area contributed by atoms with Crippen molar-refractivity contribution in [2.75, 3.05) is 31.2 Å². The van der Waals surface area contributed by atoms with Gasteiger partial charge in [-0.05, 0) is 37.8 Å². The molecule has 0 aliphatic carbocycles. The summed E-state index contributed by atoms with van der Waals surface area (Å²) in [6, 6.07) is 9.39. The molecule has 2 rings (SSSR count). The van der Waals surface area contributed by atoms with Crippen molar-refractivity contribution in [1.82, 2.24) is 0 Å². The largest absolute Gasteiger partial charge is 0.380 e. The summed E-state index contributed by atoms with van der Waals surface area (Å²) in [5.41, 5.74) is 8.30. The van der Waals surface area contributed by atoms with E-state index in [0.717, 1.165) is 19.6 Å². The third-order valence-corrected chi connectivity index (χ3v) is 3.61. The normalized spacial score (nSPS) is 18.8. The average Bonchev–Trinajstić information content (AvgIpc) is 2.41. The Morgan fingerprint density at radius 1 is 1.33 bits per heavy atom. The van der Waals surface area contributed by atoms with Gasteiger partial charge in [0, 0.05) is 31.4 Å². The van der Waals surface area contributed by atoms with Gasteiger partial charge in [0.1, 0.15) is 0 Å². The number of nitrogens with two attached hydrogens (primary N) is 1. The van der Waals surface area contributed by atoms with Gasteiger partial charge in [-0.15, -0.1) is 0 Å². The highest BCUT2D eigenvalue weighted by atomic mass is 16.5. The third-order valence-electron chi connectivity index (χ3n) is 3.61. The summed E-state index contributed by atoms with van der Waals surface area (Å²) in [6.07, 6.45) is 3.52. The topological polar surface area (TPSA) is 38.5 Å². The van der Waals surface area contributed by atoms with Crippen LogP contribution in [-0.2, 0) is 11.2 Å². The van der Waals surface area contributed by atoms with E-state index in [4.69, 9.17) is 10.5 Å². The molecule has 3 heteroatoms. The van der Waals surface area contributed by atoms with Crippen LogP contribution in [-0.4, -0.2) is 32.3 Å². The van der Waals surface area contributed by atoms with Crippen molar-refractivity contribution in [1.29, 1.82) is 0 Å². The fourth-order valence-corrected chi connectivity index (χ4v) is 2.62. The van der Waals surface area contributed by atoms with Crippen LogP contribution in [0.5, 0.6) is 0 Å². The van der Waals surface area contributed by atoms with Crippen LogP contribution in [0.4, 0.5) is 5.69 Å². The lowest BCUT2D eigenvalue weighted by Gasteiger charge is -2.37. The van der Waals surface area contributed by atoms with Gasteiger partial charge < -0.3 is 15.4 Å². The number of para-hydroxylation sites is 1. The first-order chi connectivity index (χ1) is 8.83. The van der Waals surface area contributed by atoms with Crippen molar-refractivity contribution < 1.29 is 4.74 Å². The predicted molar refractivity (Wildman–Crippen MR) is 76.1 cm³/mol. The van der Waals surface area contributed by atoms with Crippen LogP contribution in [0.15, 0.2) is 24.3 Å². The number of rotatable bonds is 6. The number of ether oxygens (including phenoxy) is 1. The lowest BCUT2D eigenvalue weighted by molar-refractivity contribution is 0.139. The smallest absolute Gasteiger partial charge is 0.0588 e. The minimum absolute atomic E-state index is 0.614. The van der Waals surface area contributed by atoms with Crippen LogP contribution in [0, 0.1) is 0 Å². The van der Waals surface area contributed by atoms with E-state index in [1.165, 1.54) is 24.1 Å². The molecular formula is C15H24N2O. The van der Waals surface area contributed by atoms with Crippen molar-refractivity contribution in [3.8, 4) is 0 Å². The number of hydrogen-bond acceptors (Lipinski definition) is 3. The molecule has 2 N–H and O–H groups in total. The quantitative estimate of drug-likeness (QED) is 0.784. The molecule has 0 amide bonds. The van der Waals surface area contributed by atoms with E-state index >= 15 is 0 Å². The van der Waals surface area contributed by atoms with Crippen molar-refractivity contribution in [2.45, 2.75) is 32.2 Å². The minimum atomic E-state index is 0.614. The highest BCUT2D eigenvalue weighted by molar-refractivity contribution is 5.56. The molecule has 0 fully saturated rings. The fraction of sp³-hybridized carbons (Fsp3) is 0.600. The second kappa shape index (κ2) is 6.76. The molecule has 3 nitrogen and oxygen atoms in total. The summed E-state index contributed by atoms with van der Waals surface area (Å²) in [4.78, 5) is 2.52. The Hall–Kier alpha value is -1.06. The lowest BCUT2D eigenvalue weighted by Crippen LogP contribution is -2.38. The van der Waals surface area contributed by atoms with E-state index in [-0.39, 0.29) is 0 Å². The third kappa shape index (κ3) is 3.24. The van der Waals surface area contributed by atoms with E-state index < -0.39 is 0 Å². The van der Waals surface area contributed by atoms with Crippen LogP contribution in [0.2, 0.25) is 0 Å². The molecule has 0 saturated carbocycles. The zero-order valence-corrected chi connectivity index (χ0v) is 11.3. The van der Waals surface area contributed by atoms with E-state index in [1.807, 2.05) is 0 Å². The molecule has 1 atom stereocenters. The molecule has 0 radical (unpaired) electrons. The Balaban J connectivity index is 1.90. The first kappa shape index (κ1) is 13.4. The second-order valence-electron chi connectivity index (χ2n) is 4.96. The van der Waals surface area contributed by atoms with Crippen LogP contribution >= 0.6 is 0 Å². The Morgan fingerprint density at radius 2 is 2.17 bits per heavy atom. The molecule has 0 saturated heterocycles. The average molecular weight is 248 g/mol. The van der Waals surface area contributed by atoms with Gasteiger partial charge in [0.15, 0.2) is 0 Å². The number of nitrogens with zero attached hydrogens (tertiary/aromatic N) is 1. The van der Waals surface area contributed by atoms with Gasteiger partial charge in [-0.2, -0.15) is 0 Å². The molecule has 0 bridgehead atoms. The van der Waals surface area contributed by atoms with E-state index in [1.54, 1.807) is 0 Å². The maximum atomic E-state index is 5.45. The molecular weight excluding hydrogens is 224 g/mol. The molecule has 18 heavy (non-hydrogen) atoms.